The highest BCUT2D eigenvalue weighted by Gasteiger charge is 2.17. The molecule has 6 heteroatoms. The third kappa shape index (κ3) is 2.96. The van der Waals surface area contributed by atoms with Crippen molar-refractivity contribution in [2.75, 3.05) is 5.32 Å². The first-order valence-electron chi connectivity index (χ1n) is 7.08. The molecule has 1 N–H and O–H groups in total. The van der Waals surface area contributed by atoms with E-state index < -0.39 is 17.8 Å². The van der Waals surface area contributed by atoms with Crippen LogP contribution in [-0.4, -0.2) is 15.5 Å². The maximum absolute atomic E-state index is 13.2. The van der Waals surface area contributed by atoms with Gasteiger partial charge in [-0.3, -0.25) is 14.2 Å². The van der Waals surface area contributed by atoms with E-state index in [9.17, 15) is 14.0 Å². The van der Waals surface area contributed by atoms with Gasteiger partial charge in [0, 0.05) is 5.69 Å². The summed E-state index contributed by atoms with van der Waals surface area (Å²) in [7, 11) is 0. The summed E-state index contributed by atoms with van der Waals surface area (Å²) in [6, 6.07) is 11.7. The highest BCUT2D eigenvalue weighted by atomic mass is 19.1. The van der Waals surface area contributed by atoms with E-state index in [-0.39, 0.29) is 5.56 Å². The molecule has 1 atom stereocenters. The Hall–Kier alpha value is -3.02. The van der Waals surface area contributed by atoms with E-state index in [0.29, 0.717) is 16.6 Å². The molecule has 0 radical (unpaired) electrons. The first kappa shape index (κ1) is 14.9. The van der Waals surface area contributed by atoms with Crippen molar-refractivity contribution in [2.45, 2.75) is 13.0 Å². The van der Waals surface area contributed by atoms with Gasteiger partial charge in [-0.2, -0.15) is 0 Å². The Morgan fingerprint density at radius 3 is 2.78 bits per heavy atom. The average Bonchev–Trinajstić information content (AvgIpc) is 2.55. The summed E-state index contributed by atoms with van der Waals surface area (Å²) in [5, 5.41) is 3.03. The van der Waals surface area contributed by atoms with Crippen molar-refractivity contribution in [3.63, 3.8) is 0 Å². The fourth-order valence-corrected chi connectivity index (χ4v) is 2.30. The van der Waals surface area contributed by atoms with Gasteiger partial charge >= 0.3 is 0 Å². The largest absolute Gasteiger partial charge is 0.324 e. The lowest BCUT2D eigenvalue weighted by molar-refractivity contribution is -0.118. The fourth-order valence-electron chi connectivity index (χ4n) is 2.30. The smallest absolute Gasteiger partial charge is 0.261 e. The Morgan fingerprint density at radius 1 is 1.22 bits per heavy atom. The van der Waals surface area contributed by atoms with Crippen LogP contribution >= 0.6 is 0 Å². The second-order valence-electron chi connectivity index (χ2n) is 5.15. The Kier molecular flexibility index (Phi) is 3.89. The molecule has 3 aromatic rings. The zero-order valence-corrected chi connectivity index (χ0v) is 12.4. The van der Waals surface area contributed by atoms with Gasteiger partial charge in [0.25, 0.3) is 5.56 Å². The monoisotopic (exact) mass is 311 g/mol. The van der Waals surface area contributed by atoms with Crippen LogP contribution in [0.25, 0.3) is 10.9 Å². The van der Waals surface area contributed by atoms with E-state index in [2.05, 4.69) is 10.3 Å². The Balaban J connectivity index is 1.90. The van der Waals surface area contributed by atoms with Crippen LogP contribution in [0.5, 0.6) is 0 Å². The van der Waals surface area contributed by atoms with Crippen molar-refractivity contribution in [3.8, 4) is 0 Å². The second kappa shape index (κ2) is 6.00. The number of nitrogens with zero attached hydrogens (tertiary/aromatic N) is 2. The van der Waals surface area contributed by atoms with E-state index in [0.717, 1.165) is 0 Å². The number of rotatable bonds is 3. The topological polar surface area (TPSA) is 64.0 Å². The average molecular weight is 311 g/mol. The number of halogens is 1. The molecule has 23 heavy (non-hydrogen) atoms. The molecule has 0 aliphatic carbocycles. The Morgan fingerprint density at radius 2 is 2.00 bits per heavy atom. The van der Waals surface area contributed by atoms with E-state index in [1.165, 1.54) is 29.1 Å². The third-order valence-corrected chi connectivity index (χ3v) is 3.58. The van der Waals surface area contributed by atoms with Gasteiger partial charge < -0.3 is 5.32 Å². The lowest BCUT2D eigenvalue weighted by Crippen LogP contribution is -2.31. The number of carbonyl (C=O) groups is 1. The van der Waals surface area contributed by atoms with Crippen LogP contribution in [0.1, 0.15) is 13.0 Å². The lowest BCUT2D eigenvalue weighted by atomic mass is 10.2. The summed E-state index contributed by atoms with van der Waals surface area (Å²) in [6.07, 6.45) is 1.35. The van der Waals surface area contributed by atoms with Gasteiger partial charge in [0.2, 0.25) is 5.91 Å². The number of anilines is 1. The van der Waals surface area contributed by atoms with Crippen LogP contribution in [-0.2, 0) is 4.79 Å². The number of hydrogen-bond donors (Lipinski definition) is 1. The number of carbonyl (C=O) groups excluding carboxylic acids is 1. The minimum Gasteiger partial charge on any atom is -0.324 e. The molecule has 116 valence electrons. The van der Waals surface area contributed by atoms with Gasteiger partial charge in [0.1, 0.15) is 11.9 Å². The molecule has 0 bridgehead atoms. The molecule has 3 rings (SSSR count). The molecule has 0 aliphatic rings. The Bertz CT molecular complexity index is 936. The van der Waals surface area contributed by atoms with Crippen LogP contribution in [0.15, 0.2) is 59.7 Å². The summed E-state index contributed by atoms with van der Waals surface area (Å²) in [5.41, 5.74) is 0.618. The number of hydrogen-bond acceptors (Lipinski definition) is 3. The van der Waals surface area contributed by atoms with Crippen molar-refractivity contribution >= 4 is 22.5 Å². The number of nitrogens with one attached hydrogen (secondary N) is 1. The summed E-state index contributed by atoms with van der Waals surface area (Å²) in [5.74, 6) is -0.866. The van der Waals surface area contributed by atoms with Crippen LogP contribution in [0.2, 0.25) is 0 Å². The van der Waals surface area contributed by atoms with E-state index in [1.807, 2.05) is 0 Å². The summed E-state index contributed by atoms with van der Waals surface area (Å²) >= 11 is 0. The molecule has 1 heterocycles. The number of fused-ring (bicyclic) bond motifs is 1. The highest BCUT2D eigenvalue weighted by Crippen LogP contribution is 2.13. The first-order chi connectivity index (χ1) is 11.1. The molecule has 5 nitrogen and oxygen atoms in total. The van der Waals surface area contributed by atoms with Gasteiger partial charge in [-0.25, -0.2) is 9.37 Å². The molecular weight excluding hydrogens is 297 g/mol. The van der Waals surface area contributed by atoms with Crippen molar-refractivity contribution < 1.29 is 9.18 Å². The standard InChI is InChI=1S/C17H14FN3O2/c1-11(16(22)20-13-6-4-5-12(18)9-13)21-10-19-15-8-3-2-7-14(15)17(21)23/h2-11H,1H3,(H,20,22). The second-order valence-corrected chi connectivity index (χ2v) is 5.15. The predicted octanol–water partition coefficient (Wildman–Crippen LogP) is 2.74. The minimum atomic E-state index is -0.775. The third-order valence-electron chi connectivity index (χ3n) is 3.58. The van der Waals surface area contributed by atoms with Crippen LogP contribution in [0.3, 0.4) is 0 Å². The number of benzene rings is 2. The van der Waals surface area contributed by atoms with Crippen molar-refractivity contribution in [1.29, 1.82) is 0 Å². The van der Waals surface area contributed by atoms with E-state index >= 15 is 0 Å². The molecule has 1 unspecified atom stereocenters. The molecule has 1 aromatic heterocycles. The lowest BCUT2D eigenvalue weighted by Gasteiger charge is -2.15. The van der Waals surface area contributed by atoms with Crippen molar-refractivity contribution in [1.82, 2.24) is 9.55 Å². The van der Waals surface area contributed by atoms with Gasteiger partial charge in [0.05, 0.1) is 17.2 Å². The van der Waals surface area contributed by atoms with Crippen LogP contribution in [0.4, 0.5) is 10.1 Å². The van der Waals surface area contributed by atoms with Crippen LogP contribution in [0, 0.1) is 5.82 Å². The maximum Gasteiger partial charge on any atom is 0.261 e. The molecule has 0 saturated heterocycles. The SMILES string of the molecule is CC(C(=O)Nc1cccc(F)c1)n1cnc2ccccc2c1=O. The first-order valence-corrected chi connectivity index (χ1v) is 7.08. The van der Waals surface area contributed by atoms with Gasteiger partial charge in [-0.05, 0) is 37.3 Å². The van der Waals surface area contributed by atoms with Crippen molar-refractivity contribution in [2.24, 2.45) is 0 Å². The van der Waals surface area contributed by atoms with Gasteiger partial charge in [0.15, 0.2) is 0 Å². The molecule has 0 saturated carbocycles. The van der Waals surface area contributed by atoms with Gasteiger partial charge in [-0.1, -0.05) is 18.2 Å². The van der Waals surface area contributed by atoms with Crippen molar-refractivity contribution in [3.05, 3.63) is 71.0 Å². The number of aromatic nitrogens is 2. The number of para-hydroxylation sites is 1. The van der Waals surface area contributed by atoms with E-state index in [1.54, 1.807) is 37.3 Å². The zero-order valence-electron chi connectivity index (χ0n) is 12.4. The normalized spacial score (nSPS) is 12.1. The molecular formula is C17H14FN3O2. The summed E-state index contributed by atoms with van der Waals surface area (Å²) < 4.78 is 14.4. The fraction of sp³-hybridized carbons (Fsp3) is 0.118. The minimum absolute atomic E-state index is 0.294. The molecule has 2 aromatic carbocycles. The zero-order chi connectivity index (χ0) is 16.4. The number of amides is 1. The van der Waals surface area contributed by atoms with Crippen LogP contribution < -0.4 is 10.9 Å². The predicted molar refractivity (Wildman–Crippen MR) is 85.7 cm³/mol. The molecule has 0 spiro atoms. The maximum atomic E-state index is 13.2. The molecule has 1 amide bonds. The quantitative estimate of drug-likeness (QED) is 0.809. The molecule has 0 fully saturated rings. The highest BCUT2D eigenvalue weighted by molar-refractivity contribution is 5.93. The van der Waals surface area contributed by atoms with Gasteiger partial charge in [-0.15, -0.1) is 0 Å². The summed E-state index contributed by atoms with van der Waals surface area (Å²) in [4.78, 5) is 28.9. The summed E-state index contributed by atoms with van der Waals surface area (Å²) in [6.45, 7) is 1.59. The van der Waals surface area contributed by atoms with E-state index in [4.69, 9.17) is 0 Å². The molecule has 0 aliphatic heterocycles. The Labute approximate surface area is 131 Å².